The molecule has 0 spiro atoms. The Kier molecular flexibility index (Phi) is 6.55. The molecule has 7 nitrogen and oxygen atoms in total. The van der Waals surface area contributed by atoms with E-state index in [0.29, 0.717) is 40.3 Å². The molecule has 4 rings (SSSR count). The van der Waals surface area contributed by atoms with Crippen molar-refractivity contribution in [1.29, 1.82) is 5.26 Å². The van der Waals surface area contributed by atoms with Gasteiger partial charge in [0.1, 0.15) is 12.4 Å². The molecule has 0 aliphatic rings. The van der Waals surface area contributed by atoms with Crippen LogP contribution >= 0.6 is 23.4 Å². The number of aromatic amines is 1. The number of hydrogen-bond donors (Lipinski definition) is 1. The van der Waals surface area contributed by atoms with E-state index in [0.717, 1.165) is 10.9 Å². The molecule has 31 heavy (non-hydrogen) atoms. The summed E-state index contributed by atoms with van der Waals surface area (Å²) < 4.78 is 7.60. The van der Waals surface area contributed by atoms with Crippen LogP contribution in [0.25, 0.3) is 10.9 Å². The van der Waals surface area contributed by atoms with E-state index in [1.54, 1.807) is 24.3 Å². The van der Waals surface area contributed by atoms with Gasteiger partial charge >= 0.3 is 0 Å². The SMILES string of the molecule is N#CCCn1cc(C(=O)CSc2n[nH]c(COc3ccc(Cl)cc3)n2)c2ccccc21. The highest BCUT2D eigenvalue weighted by atomic mass is 35.5. The zero-order valence-corrected chi connectivity index (χ0v) is 18.0. The maximum Gasteiger partial charge on any atom is 0.208 e. The number of ketones is 1. The first kappa shape index (κ1) is 21.0. The number of fused-ring (bicyclic) bond motifs is 1. The Morgan fingerprint density at radius 2 is 2.03 bits per heavy atom. The summed E-state index contributed by atoms with van der Waals surface area (Å²) in [4.78, 5) is 17.2. The van der Waals surface area contributed by atoms with Gasteiger partial charge in [-0.25, -0.2) is 4.98 Å². The molecule has 0 bridgehead atoms. The van der Waals surface area contributed by atoms with Crippen LogP contribution in [0.5, 0.6) is 5.75 Å². The number of nitrogens with one attached hydrogen (secondary N) is 1. The average molecular weight is 452 g/mol. The third kappa shape index (κ3) is 5.08. The number of aromatic nitrogens is 4. The zero-order chi connectivity index (χ0) is 21.6. The number of nitriles is 1. The Balaban J connectivity index is 1.38. The van der Waals surface area contributed by atoms with Crippen LogP contribution < -0.4 is 4.74 Å². The van der Waals surface area contributed by atoms with Gasteiger partial charge in [0.2, 0.25) is 5.16 Å². The van der Waals surface area contributed by atoms with Crippen LogP contribution in [0.15, 0.2) is 59.9 Å². The number of para-hydroxylation sites is 1. The molecule has 2 aromatic carbocycles. The summed E-state index contributed by atoms with van der Waals surface area (Å²) in [5.41, 5.74) is 1.59. The average Bonchev–Trinajstić information content (AvgIpc) is 3.40. The molecule has 0 radical (unpaired) electrons. The van der Waals surface area contributed by atoms with Crippen molar-refractivity contribution < 1.29 is 9.53 Å². The van der Waals surface area contributed by atoms with Gasteiger partial charge in [0.15, 0.2) is 11.6 Å². The van der Waals surface area contributed by atoms with E-state index >= 15 is 0 Å². The Morgan fingerprint density at radius 1 is 1.23 bits per heavy atom. The van der Waals surface area contributed by atoms with Gasteiger partial charge in [-0.05, 0) is 30.3 Å². The molecule has 2 heterocycles. The number of rotatable bonds is 9. The largest absolute Gasteiger partial charge is 0.486 e. The first-order chi connectivity index (χ1) is 15.1. The highest BCUT2D eigenvalue weighted by Crippen LogP contribution is 2.24. The molecule has 0 amide bonds. The van der Waals surface area contributed by atoms with Gasteiger partial charge in [-0.3, -0.25) is 9.89 Å². The van der Waals surface area contributed by atoms with Gasteiger partial charge in [-0.1, -0.05) is 41.6 Å². The van der Waals surface area contributed by atoms with Crippen LogP contribution in [0.4, 0.5) is 0 Å². The lowest BCUT2D eigenvalue weighted by Gasteiger charge is -2.03. The number of ether oxygens (including phenoxy) is 1. The van der Waals surface area contributed by atoms with E-state index in [1.165, 1.54) is 11.8 Å². The van der Waals surface area contributed by atoms with E-state index in [-0.39, 0.29) is 18.1 Å². The normalized spacial score (nSPS) is 10.8. The van der Waals surface area contributed by atoms with Crippen molar-refractivity contribution in [3.63, 3.8) is 0 Å². The molecule has 0 saturated heterocycles. The van der Waals surface area contributed by atoms with Crippen LogP contribution in [-0.2, 0) is 13.2 Å². The highest BCUT2D eigenvalue weighted by Gasteiger charge is 2.16. The number of thioether (sulfide) groups is 1. The lowest BCUT2D eigenvalue weighted by molar-refractivity contribution is 0.102. The van der Waals surface area contributed by atoms with Crippen molar-refractivity contribution in [1.82, 2.24) is 19.7 Å². The highest BCUT2D eigenvalue weighted by molar-refractivity contribution is 7.99. The molecular formula is C22H18ClN5O2S. The number of hydrogen-bond acceptors (Lipinski definition) is 6. The predicted octanol–water partition coefficient (Wildman–Crippen LogP) is 4.88. The molecule has 1 N–H and O–H groups in total. The quantitative estimate of drug-likeness (QED) is 0.288. The van der Waals surface area contributed by atoms with Gasteiger partial charge < -0.3 is 9.30 Å². The van der Waals surface area contributed by atoms with Crippen LogP contribution in [0.1, 0.15) is 22.6 Å². The number of aryl methyl sites for hydroxylation is 1. The van der Waals surface area contributed by atoms with E-state index in [2.05, 4.69) is 21.3 Å². The standard InChI is InChI=1S/C22H18ClN5O2S/c23-15-6-8-16(9-7-15)30-13-21-25-22(27-26-21)31-14-20(29)18-12-28(11-3-10-24)19-5-2-1-4-17(18)19/h1-2,4-9,12H,3,11,13-14H2,(H,25,26,27). The number of carbonyl (C=O) groups is 1. The molecule has 0 aliphatic carbocycles. The van der Waals surface area contributed by atoms with E-state index in [9.17, 15) is 4.79 Å². The fourth-order valence-corrected chi connectivity index (χ4v) is 3.95. The number of H-pyrrole nitrogens is 1. The second kappa shape index (κ2) is 9.69. The molecule has 0 fully saturated rings. The van der Waals surface area contributed by atoms with Crippen molar-refractivity contribution in [2.24, 2.45) is 0 Å². The summed E-state index contributed by atoms with van der Waals surface area (Å²) in [5, 5.41) is 17.9. The minimum absolute atomic E-state index is 0.0133. The number of Topliss-reactive ketones (excluding diaryl/α,β-unsaturated/α-hetero) is 1. The molecular weight excluding hydrogens is 434 g/mol. The van der Waals surface area contributed by atoms with Gasteiger partial charge in [0.05, 0.1) is 18.2 Å². The number of halogens is 1. The molecule has 0 unspecified atom stereocenters. The van der Waals surface area contributed by atoms with E-state index in [4.69, 9.17) is 21.6 Å². The van der Waals surface area contributed by atoms with Crippen molar-refractivity contribution in [3.8, 4) is 11.8 Å². The van der Waals surface area contributed by atoms with Crippen molar-refractivity contribution in [2.75, 3.05) is 5.75 Å². The number of benzene rings is 2. The van der Waals surface area contributed by atoms with Crippen molar-refractivity contribution >= 4 is 40.0 Å². The van der Waals surface area contributed by atoms with Crippen LogP contribution in [0, 0.1) is 11.3 Å². The fraction of sp³-hybridized carbons (Fsp3) is 0.182. The lowest BCUT2D eigenvalue weighted by atomic mass is 10.1. The second-order valence-electron chi connectivity index (χ2n) is 6.68. The molecule has 9 heteroatoms. The predicted molar refractivity (Wildman–Crippen MR) is 119 cm³/mol. The fourth-order valence-electron chi connectivity index (χ4n) is 3.12. The Bertz CT molecular complexity index is 1240. The molecule has 0 aliphatic heterocycles. The molecule has 4 aromatic rings. The summed E-state index contributed by atoms with van der Waals surface area (Å²) in [6.07, 6.45) is 2.22. The van der Waals surface area contributed by atoms with Crippen LogP contribution in [0.2, 0.25) is 5.02 Å². The van der Waals surface area contributed by atoms with Crippen LogP contribution in [-0.4, -0.2) is 31.3 Å². The van der Waals surface area contributed by atoms with E-state index in [1.807, 2.05) is 35.0 Å². The van der Waals surface area contributed by atoms with Gasteiger partial charge in [0, 0.05) is 34.2 Å². The maximum atomic E-state index is 12.9. The summed E-state index contributed by atoms with van der Waals surface area (Å²) in [6, 6.07) is 16.9. The number of nitrogens with zero attached hydrogens (tertiary/aromatic N) is 4. The Morgan fingerprint density at radius 3 is 2.84 bits per heavy atom. The monoisotopic (exact) mass is 451 g/mol. The summed E-state index contributed by atoms with van der Waals surface area (Å²) in [6.45, 7) is 0.783. The minimum atomic E-state index is -0.0133. The third-order valence-corrected chi connectivity index (χ3v) is 5.69. The molecule has 0 atom stereocenters. The third-order valence-electron chi connectivity index (χ3n) is 4.59. The van der Waals surface area contributed by atoms with Gasteiger partial charge in [0.25, 0.3) is 0 Å². The Hall–Kier alpha value is -3.28. The molecule has 2 aromatic heterocycles. The molecule has 0 saturated carbocycles. The van der Waals surface area contributed by atoms with Crippen molar-refractivity contribution in [2.45, 2.75) is 24.7 Å². The molecule has 156 valence electrons. The Labute approximate surface area is 188 Å². The number of carbonyl (C=O) groups excluding carboxylic acids is 1. The summed E-state index contributed by atoms with van der Waals surface area (Å²) >= 11 is 7.13. The van der Waals surface area contributed by atoms with E-state index < -0.39 is 0 Å². The van der Waals surface area contributed by atoms with Crippen molar-refractivity contribution in [3.05, 3.63) is 71.1 Å². The zero-order valence-electron chi connectivity index (χ0n) is 16.4. The first-order valence-electron chi connectivity index (χ1n) is 9.54. The minimum Gasteiger partial charge on any atom is -0.486 e. The van der Waals surface area contributed by atoms with Gasteiger partial charge in [-0.2, -0.15) is 5.26 Å². The summed E-state index contributed by atoms with van der Waals surface area (Å²) in [5.74, 6) is 1.44. The second-order valence-corrected chi connectivity index (χ2v) is 8.06. The van der Waals surface area contributed by atoms with Crippen LogP contribution in [0.3, 0.4) is 0 Å². The maximum absolute atomic E-state index is 12.9. The lowest BCUT2D eigenvalue weighted by Crippen LogP contribution is -2.02. The van der Waals surface area contributed by atoms with Gasteiger partial charge in [-0.15, -0.1) is 5.10 Å². The smallest absolute Gasteiger partial charge is 0.208 e. The summed E-state index contributed by atoms with van der Waals surface area (Å²) in [7, 11) is 0. The topological polar surface area (TPSA) is 96.6 Å². The first-order valence-corrected chi connectivity index (χ1v) is 10.9.